The lowest BCUT2D eigenvalue weighted by Crippen LogP contribution is -2.14. The van der Waals surface area contributed by atoms with E-state index in [1.807, 2.05) is 30.3 Å². The molecule has 2 N–H and O–H groups in total. The van der Waals surface area contributed by atoms with Gasteiger partial charge in [0.15, 0.2) is 5.82 Å². The van der Waals surface area contributed by atoms with Gasteiger partial charge < -0.3 is 14.6 Å². The fraction of sp³-hybridized carbons (Fsp3) is 0.120. The van der Waals surface area contributed by atoms with Crippen molar-refractivity contribution in [2.24, 2.45) is 0 Å². The Labute approximate surface area is 197 Å². The van der Waals surface area contributed by atoms with E-state index in [1.54, 1.807) is 31.2 Å². The number of nitrogens with zero attached hydrogens (tertiary/aromatic N) is 1. The molecular weight excluding hydrogens is 454 g/mol. The van der Waals surface area contributed by atoms with E-state index in [2.05, 4.69) is 15.2 Å². The first-order valence-corrected chi connectivity index (χ1v) is 12.0. The normalized spacial score (nSPS) is 11.1. The molecule has 0 radical (unpaired) electrons. The van der Waals surface area contributed by atoms with Crippen molar-refractivity contribution in [3.8, 4) is 5.75 Å². The van der Waals surface area contributed by atoms with Crippen LogP contribution >= 0.6 is 0 Å². The number of aryl methyl sites for hydroxylation is 1. The maximum Gasteiger partial charge on any atom is 0.263 e. The van der Waals surface area contributed by atoms with E-state index in [1.165, 1.54) is 35.9 Å². The molecule has 34 heavy (non-hydrogen) atoms. The average Bonchev–Trinajstić information content (AvgIpc) is 3.24. The number of hydrogen-bond donors (Lipinski definition) is 2. The van der Waals surface area contributed by atoms with Crippen molar-refractivity contribution in [1.82, 2.24) is 5.16 Å². The molecule has 0 fully saturated rings. The quantitative estimate of drug-likeness (QED) is 0.363. The van der Waals surface area contributed by atoms with E-state index >= 15 is 0 Å². The molecule has 174 valence electrons. The summed E-state index contributed by atoms with van der Waals surface area (Å²) in [4.78, 5) is 12.7. The van der Waals surface area contributed by atoms with E-state index < -0.39 is 10.0 Å². The van der Waals surface area contributed by atoms with Crippen LogP contribution in [-0.2, 0) is 16.4 Å². The largest absolute Gasteiger partial charge is 0.493 e. The number of carbonyl (C=O) groups is 1. The van der Waals surface area contributed by atoms with Crippen molar-refractivity contribution in [1.29, 1.82) is 0 Å². The van der Waals surface area contributed by atoms with Crippen LogP contribution in [0, 0.1) is 6.92 Å². The van der Waals surface area contributed by atoms with Crippen molar-refractivity contribution in [3.63, 3.8) is 0 Å². The summed E-state index contributed by atoms with van der Waals surface area (Å²) in [5, 5.41) is 6.39. The highest BCUT2D eigenvalue weighted by Crippen LogP contribution is 2.20. The van der Waals surface area contributed by atoms with Crippen LogP contribution in [0.5, 0.6) is 5.75 Å². The molecule has 0 unspecified atom stereocenters. The fourth-order valence-electron chi connectivity index (χ4n) is 3.19. The van der Waals surface area contributed by atoms with E-state index in [4.69, 9.17) is 9.26 Å². The summed E-state index contributed by atoms with van der Waals surface area (Å²) in [7, 11) is -3.83. The van der Waals surface area contributed by atoms with Gasteiger partial charge in [-0.2, -0.15) is 0 Å². The molecule has 0 bridgehead atoms. The number of anilines is 2. The van der Waals surface area contributed by atoms with Gasteiger partial charge in [0.25, 0.3) is 15.9 Å². The van der Waals surface area contributed by atoms with Crippen LogP contribution in [0.2, 0.25) is 0 Å². The molecule has 1 heterocycles. The second kappa shape index (κ2) is 10.2. The Balaban J connectivity index is 1.35. The lowest BCUT2D eigenvalue weighted by atomic mass is 10.1. The van der Waals surface area contributed by atoms with Crippen LogP contribution in [0.4, 0.5) is 11.5 Å². The van der Waals surface area contributed by atoms with Gasteiger partial charge in [-0.1, -0.05) is 41.6 Å². The number of benzene rings is 3. The Morgan fingerprint density at radius 1 is 0.971 bits per heavy atom. The Hall–Kier alpha value is -4.11. The fourth-order valence-corrected chi connectivity index (χ4v) is 4.17. The van der Waals surface area contributed by atoms with Gasteiger partial charge in [-0.05, 0) is 55.0 Å². The minimum Gasteiger partial charge on any atom is -0.493 e. The lowest BCUT2D eigenvalue weighted by molar-refractivity contribution is 0.102. The maximum atomic E-state index is 12.7. The van der Waals surface area contributed by atoms with Gasteiger partial charge in [0, 0.05) is 23.7 Å². The van der Waals surface area contributed by atoms with Crippen LogP contribution in [0.15, 0.2) is 94.3 Å². The number of nitrogens with one attached hydrogen (secondary N) is 2. The van der Waals surface area contributed by atoms with Gasteiger partial charge in [0.1, 0.15) is 11.5 Å². The Bertz CT molecular complexity index is 1370. The van der Waals surface area contributed by atoms with Gasteiger partial charge >= 0.3 is 0 Å². The smallest absolute Gasteiger partial charge is 0.263 e. The molecule has 3 aromatic carbocycles. The molecule has 1 aromatic heterocycles. The highest BCUT2D eigenvalue weighted by molar-refractivity contribution is 7.92. The minimum absolute atomic E-state index is 0.0277. The number of rotatable bonds is 9. The minimum atomic E-state index is -3.83. The number of aromatic nitrogens is 1. The van der Waals surface area contributed by atoms with Gasteiger partial charge in [0.2, 0.25) is 0 Å². The number of hydrogen-bond acceptors (Lipinski definition) is 6. The number of carbonyl (C=O) groups excluding carboxylic acids is 1. The molecule has 0 aliphatic heterocycles. The molecule has 1 amide bonds. The Morgan fingerprint density at radius 2 is 1.74 bits per heavy atom. The van der Waals surface area contributed by atoms with Crippen LogP contribution in [0.25, 0.3) is 0 Å². The van der Waals surface area contributed by atoms with Crippen molar-refractivity contribution < 1.29 is 22.5 Å². The summed E-state index contributed by atoms with van der Waals surface area (Å²) in [6.07, 6.45) is 0.762. The van der Waals surface area contributed by atoms with Gasteiger partial charge in [-0.3, -0.25) is 9.52 Å². The molecule has 9 heteroatoms. The molecule has 4 rings (SSSR count). The Morgan fingerprint density at radius 3 is 2.44 bits per heavy atom. The summed E-state index contributed by atoms with van der Waals surface area (Å²) < 4.78 is 38.0. The van der Waals surface area contributed by atoms with E-state index in [0.717, 1.165) is 6.42 Å². The SMILES string of the molecule is Cc1cc(NS(=O)(=O)c2ccc(NC(=O)c3cccc(OCCc4ccccc4)c3)cc2)no1. The Kier molecular flexibility index (Phi) is 6.93. The second-order valence-electron chi connectivity index (χ2n) is 7.52. The molecule has 4 aromatic rings. The molecule has 0 saturated carbocycles. The van der Waals surface area contributed by atoms with E-state index in [-0.39, 0.29) is 16.6 Å². The van der Waals surface area contributed by atoms with Gasteiger partial charge in [0.05, 0.1) is 11.5 Å². The predicted octanol–water partition coefficient (Wildman–Crippen LogP) is 4.66. The third-order valence-electron chi connectivity index (χ3n) is 4.89. The number of sulfonamides is 1. The van der Waals surface area contributed by atoms with Crippen molar-refractivity contribution >= 4 is 27.4 Å². The third-order valence-corrected chi connectivity index (χ3v) is 6.26. The summed E-state index contributed by atoms with van der Waals surface area (Å²) in [6.45, 7) is 2.15. The first-order chi connectivity index (χ1) is 16.4. The predicted molar refractivity (Wildman–Crippen MR) is 129 cm³/mol. The molecule has 0 atom stereocenters. The summed E-state index contributed by atoms with van der Waals surface area (Å²) in [6, 6.07) is 24.2. The third kappa shape index (κ3) is 6.02. The van der Waals surface area contributed by atoms with Crippen LogP contribution in [0.3, 0.4) is 0 Å². The summed E-state index contributed by atoms with van der Waals surface area (Å²) >= 11 is 0. The van der Waals surface area contributed by atoms with E-state index in [9.17, 15) is 13.2 Å². The average molecular weight is 478 g/mol. The first kappa shape index (κ1) is 23.1. The van der Waals surface area contributed by atoms with Gasteiger partial charge in [-0.25, -0.2) is 8.42 Å². The van der Waals surface area contributed by atoms with Gasteiger partial charge in [-0.15, -0.1) is 0 Å². The zero-order chi connectivity index (χ0) is 24.0. The van der Waals surface area contributed by atoms with E-state index in [0.29, 0.717) is 29.4 Å². The maximum absolute atomic E-state index is 12.7. The molecule has 0 spiro atoms. The van der Waals surface area contributed by atoms with Crippen molar-refractivity contribution in [2.75, 3.05) is 16.6 Å². The number of amides is 1. The standard InChI is InChI=1S/C25H23N3O5S/c1-18-16-24(27-33-18)28-34(30,31)23-12-10-21(11-13-23)26-25(29)20-8-5-9-22(17-20)32-15-14-19-6-3-2-4-7-19/h2-13,16-17H,14-15H2,1H3,(H,26,29)(H,27,28). The highest BCUT2D eigenvalue weighted by Gasteiger charge is 2.16. The topological polar surface area (TPSA) is 111 Å². The van der Waals surface area contributed by atoms with Crippen LogP contribution in [-0.4, -0.2) is 26.1 Å². The van der Waals surface area contributed by atoms with Crippen LogP contribution in [0.1, 0.15) is 21.7 Å². The monoisotopic (exact) mass is 477 g/mol. The highest BCUT2D eigenvalue weighted by atomic mass is 32.2. The molecule has 0 aliphatic rings. The second-order valence-corrected chi connectivity index (χ2v) is 9.20. The molecule has 0 aliphatic carbocycles. The number of ether oxygens (including phenoxy) is 1. The lowest BCUT2D eigenvalue weighted by Gasteiger charge is -2.10. The first-order valence-electron chi connectivity index (χ1n) is 10.5. The van der Waals surface area contributed by atoms with Crippen LogP contribution < -0.4 is 14.8 Å². The molecular formula is C25H23N3O5S. The summed E-state index contributed by atoms with van der Waals surface area (Å²) in [5.74, 6) is 0.849. The van der Waals surface area contributed by atoms with Crippen molar-refractivity contribution in [2.45, 2.75) is 18.2 Å². The summed E-state index contributed by atoms with van der Waals surface area (Å²) in [5.41, 5.74) is 2.06. The zero-order valence-electron chi connectivity index (χ0n) is 18.4. The van der Waals surface area contributed by atoms with Crippen molar-refractivity contribution in [3.05, 3.63) is 102 Å². The zero-order valence-corrected chi connectivity index (χ0v) is 19.2. The molecule has 0 saturated heterocycles. The molecule has 8 nitrogen and oxygen atoms in total.